The van der Waals surface area contributed by atoms with Crippen molar-refractivity contribution in [1.29, 1.82) is 0 Å². The standard InChI is InChI=1S/C15H22BrFN2O/c1-15(2,3)13(18)14(20)19-8-4-5-10-6-7-11(16)9-12(10)17/h6-7,9,13H,4-5,8,18H2,1-3H3,(H,19,20)/t13-/m1/s1. The molecule has 0 unspecified atom stereocenters. The van der Waals surface area contributed by atoms with E-state index < -0.39 is 6.04 Å². The van der Waals surface area contributed by atoms with Crippen molar-refractivity contribution >= 4 is 21.8 Å². The number of carbonyl (C=O) groups is 1. The van der Waals surface area contributed by atoms with Gasteiger partial charge in [0.05, 0.1) is 6.04 Å². The normalized spacial score (nSPS) is 13.1. The molecule has 0 aliphatic carbocycles. The van der Waals surface area contributed by atoms with Gasteiger partial charge in [-0.25, -0.2) is 4.39 Å². The molecule has 112 valence electrons. The molecule has 5 heteroatoms. The Hall–Kier alpha value is -0.940. The van der Waals surface area contributed by atoms with E-state index in [0.29, 0.717) is 24.9 Å². The van der Waals surface area contributed by atoms with E-state index in [1.165, 1.54) is 6.07 Å². The molecule has 0 radical (unpaired) electrons. The van der Waals surface area contributed by atoms with Crippen molar-refractivity contribution in [2.75, 3.05) is 6.54 Å². The van der Waals surface area contributed by atoms with Crippen molar-refractivity contribution in [3.8, 4) is 0 Å². The summed E-state index contributed by atoms with van der Waals surface area (Å²) in [5, 5.41) is 2.79. The molecule has 1 atom stereocenters. The summed E-state index contributed by atoms with van der Waals surface area (Å²) in [6.07, 6.45) is 1.27. The van der Waals surface area contributed by atoms with E-state index in [9.17, 15) is 9.18 Å². The Kier molecular flexibility index (Phi) is 6.14. The zero-order chi connectivity index (χ0) is 15.3. The van der Waals surface area contributed by atoms with Crippen molar-refractivity contribution in [3.05, 3.63) is 34.1 Å². The number of nitrogens with one attached hydrogen (secondary N) is 1. The number of hydrogen-bond donors (Lipinski definition) is 2. The minimum atomic E-state index is -0.535. The van der Waals surface area contributed by atoms with Crippen LogP contribution in [-0.4, -0.2) is 18.5 Å². The van der Waals surface area contributed by atoms with E-state index in [1.807, 2.05) is 26.8 Å². The van der Waals surface area contributed by atoms with Crippen molar-refractivity contribution in [3.63, 3.8) is 0 Å². The quantitative estimate of drug-likeness (QED) is 0.806. The number of halogens is 2. The molecule has 0 bridgehead atoms. The molecule has 0 aliphatic heterocycles. The first kappa shape index (κ1) is 17.1. The second-order valence-corrected chi connectivity index (χ2v) is 6.89. The fourth-order valence-corrected chi connectivity index (χ4v) is 2.05. The average Bonchev–Trinajstić information content (AvgIpc) is 2.34. The lowest BCUT2D eigenvalue weighted by atomic mass is 9.87. The molecule has 3 N–H and O–H groups in total. The Labute approximate surface area is 128 Å². The summed E-state index contributed by atoms with van der Waals surface area (Å²) in [4.78, 5) is 11.8. The number of rotatable bonds is 5. The van der Waals surface area contributed by atoms with Gasteiger partial charge in [0.15, 0.2) is 0 Å². The SMILES string of the molecule is CC(C)(C)[C@H](N)C(=O)NCCCc1ccc(Br)cc1F. The number of benzene rings is 1. The highest BCUT2D eigenvalue weighted by molar-refractivity contribution is 9.10. The number of aryl methyl sites for hydroxylation is 1. The Balaban J connectivity index is 2.37. The lowest BCUT2D eigenvalue weighted by Crippen LogP contribution is -2.48. The van der Waals surface area contributed by atoms with Gasteiger partial charge in [-0.1, -0.05) is 42.8 Å². The minimum absolute atomic E-state index is 0.159. The van der Waals surface area contributed by atoms with Crippen LogP contribution in [0.5, 0.6) is 0 Å². The number of hydrogen-bond acceptors (Lipinski definition) is 2. The summed E-state index contributed by atoms with van der Waals surface area (Å²) in [5.74, 6) is -0.383. The monoisotopic (exact) mass is 344 g/mol. The van der Waals surface area contributed by atoms with Crippen LogP contribution in [0, 0.1) is 11.2 Å². The van der Waals surface area contributed by atoms with Gasteiger partial charge in [-0.15, -0.1) is 0 Å². The lowest BCUT2D eigenvalue weighted by molar-refractivity contribution is -0.124. The number of nitrogens with two attached hydrogens (primary N) is 1. The maximum absolute atomic E-state index is 13.6. The summed E-state index contributed by atoms with van der Waals surface area (Å²) < 4.78 is 14.3. The van der Waals surface area contributed by atoms with Crippen LogP contribution in [0.3, 0.4) is 0 Å². The Morgan fingerprint density at radius 1 is 1.45 bits per heavy atom. The van der Waals surface area contributed by atoms with E-state index in [1.54, 1.807) is 6.07 Å². The number of amides is 1. The van der Waals surface area contributed by atoms with Gasteiger partial charge in [0, 0.05) is 11.0 Å². The van der Waals surface area contributed by atoms with Gasteiger partial charge >= 0.3 is 0 Å². The topological polar surface area (TPSA) is 55.1 Å². The first-order chi connectivity index (χ1) is 9.21. The predicted molar refractivity (Wildman–Crippen MR) is 82.9 cm³/mol. The molecule has 0 aliphatic rings. The van der Waals surface area contributed by atoms with Crippen molar-refractivity contribution in [2.45, 2.75) is 39.7 Å². The van der Waals surface area contributed by atoms with Gasteiger partial charge in [-0.05, 0) is 36.0 Å². The first-order valence-corrected chi connectivity index (χ1v) is 7.48. The van der Waals surface area contributed by atoms with E-state index in [4.69, 9.17) is 5.73 Å². The summed E-state index contributed by atoms with van der Waals surface area (Å²) in [6.45, 7) is 6.27. The third-order valence-electron chi connectivity index (χ3n) is 3.15. The van der Waals surface area contributed by atoms with Gasteiger partial charge in [0.1, 0.15) is 5.82 Å². The fraction of sp³-hybridized carbons (Fsp3) is 0.533. The van der Waals surface area contributed by atoms with Crippen molar-refractivity contribution < 1.29 is 9.18 Å². The average molecular weight is 345 g/mol. The largest absolute Gasteiger partial charge is 0.355 e. The van der Waals surface area contributed by atoms with Crippen LogP contribution in [0.25, 0.3) is 0 Å². The fourth-order valence-electron chi connectivity index (χ4n) is 1.72. The highest BCUT2D eigenvalue weighted by atomic mass is 79.9. The van der Waals surface area contributed by atoms with Crippen molar-refractivity contribution in [1.82, 2.24) is 5.32 Å². The highest BCUT2D eigenvalue weighted by Crippen LogP contribution is 2.18. The molecule has 0 saturated heterocycles. The molecular formula is C15H22BrFN2O. The maximum atomic E-state index is 13.6. The van der Waals surface area contributed by atoms with Gasteiger partial charge in [-0.3, -0.25) is 4.79 Å². The summed E-state index contributed by atoms with van der Waals surface area (Å²) >= 11 is 3.22. The molecule has 0 saturated carbocycles. The van der Waals surface area contributed by atoms with E-state index >= 15 is 0 Å². The van der Waals surface area contributed by atoms with Crippen LogP contribution < -0.4 is 11.1 Å². The molecule has 1 aromatic rings. The molecule has 1 aromatic carbocycles. The van der Waals surface area contributed by atoms with Crippen LogP contribution >= 0.6 is 15.9 Å². The van der Waals surface area contributed by atoms with Crippen LogP contribution in [0.1, 0.15) is 32.8 Å². The lowest BCUT2D eigenvalue weighted by Gasteiger charge is -2.25. The second-order valence-electron chi connectivity index (χ2n) is 5.97. The van der Waals surface area contributed by atoms with Crippen LogP contribution in [0.2, 0.25) is 0 Å². The number of carbonyl (C=O) groups excluding carboxylic acids is 1. The van der Waals surface area contributed by atoms with Gasteiger partial charge < -0.3 is 11.1 Å². The molecular weight excluding hydrogens is 323 g/mol. The Bertz CT molecular complexity index is 471. The Morgan fingerprint density at radius 3 is 2.65 bits per heavy atom. The summed E-state index contributed by atoms with van der Waals surface area (Å²) in [7, 11) is 0. The maximum Gasteiger partial charge on any atom is 0.237 e. The molecule has 0 heterocycles. The van der Waals surface area contributed by atoms with Crippen LogP contribution in [0.4, 0.5) is 4.39 Å². The molecule has 3 nitrogen and oxygen atoms in total. The van der Waals surface area contributed by atoms with Gasteiger partial charge in [-0.2, -0.15) is 0 Å². The summed E-state index contributed by atoms with van der Waals surface area (Å²) in [6, 6.07) is 4.48. The third kappa shape index (κ3) is 5.21. The van der Waals surface area contributed by atoms with Crippen LogP contribution in [-0.2, 0) is 11.2 Å². The van der Waals surface area contributed by atoms with E-state index in [-0.39, 0.29) is 17.1 Å². The smallest absolute Gasteiger partial charge is 0.237 e. The van der Waals surface area contributed by atoms with E-state index in [2.05, 4.69) is 21.2 Å². The summed E-state index contributed by atoms with van der Waals surface area (Å²) in [5.41, 5.74) is 6.24. The Morgan fingerprint density at radius 2 is 2.10 bits per heavy atom. The van der Waals surface area contributed by atoms with Crippen molar-refractivity contribution in [2.24, 2.45) is 11.1 Å². The highest BCUT2D eigenvalue weighted by Gasteiger charge is 2.26. The molecule has 20 heavy (non-hydrogen) atoms. The minimum Gasteiger partial charge on any atom is -0.355 e. The zero-order valence-electron chi connectivity index (χ0n) is 12.2. The molecule has 0 aromatic heterocycles. The van der Waals surface area contributed by atoms with Gasteiger partial charge in [0.25, 0.3) is 0 Å². The molecule has 0 fully saturated rings. The van der Waals surface area contributed by atoms with Crippen LogP contribution in [0.15, 0.2) is 22.7 Å². The molecule has 1 rings (SSSR count). The molecule has 1 amide bonds. The van der Waals surface area contributed by atoms with Gasteiger partial charge in [0.2, 0.25) is 5.91 Å². The zero-order valence-corrected chi connectivity index (χ0v) is 13.8. The molecule has 0 spiro atoms. The third-order valence-corrected chi connectivity index (χ3v) is 3.65. The first-order valence-electron chi connectivity index (χ1n) is 6.69. The second kappa shape index (κ2) is 7.18. The predicted octanol–water partition coefficient (Wildman–Crippen LogP) is 3.01. The van der Waals surface area contributed by atoms with E-state index in [0.717, 1.165) is 4.47 Å².